The Bertz CT molecular complexity index is 325. The Morgan fingerprint density at radius 3 is 2.79 bits per heavy atom. The molecule has 1 amide bonds. The third-order valence-corrected chi connectivity index (χ3v) is 1.58. The van der Waals surface area contributed by atoms with Gasteiger partial charge in [-0.1, -0.05) is 0 Å². The van der Waals surface area contributed by atoms with Gasteiger partial charge >= 0.3 is 0 Å². The lowest BCUT2D eigenvalue weighted by Crippen LogP contribution is -2.36. The topological polar surface area (TPSA) is 85.8 Å². The van der Waals surface area contributed by atoms with Gasteiger partial charge in [-0.05, 0) is 13.8 Å². The molecule has 0 spiro atoms. The highest BCUT2D eigenvalue weighted by atomic mass is 16.1. The number of carbonyl (C=O) groups excluding carboxylic acids is 1. The van der Waals surface area contributed by atoms with Crippen molar-refractivity contribution in [1.29, 1.82) is 0 Å². The van der Waals surface area contributed by atoms with Gasteiger partial charge in [0.2, 0.25) is 11.9 Å². The summed E-state index contributed by atoms with van der Waals surface area (Å²) < 4.78 is 1.49. The summed E-state index contributed by atoms with van der Waals surface area (Å²) in [6, 6.07) is 0. The lowest BCUT2D eigenvalue weighted by molar-refractivity contribution is -0.117. The molecule has 1 aromatic rings. The average molecular weight is 197 g/mol. The molecule has 0 aliphatic rings. The quantitative estimate of drug-likeness (QED) is 0.707. The maximum Gasteiger partial charge on any atom is 0.228 e. The van der Waals surface area contributed by atoms with Crippen molar-refractivity contribution in [3.63, 3.8) is 0 Å². The molecule has 3 N–H and O–H groups in total. The molecular weight excluding hydrogens is 182 g/mol. The van der Waals surface area contributed by atoms with Gasteiger partial charge in [0.1, 0.15) is 6.33 Å². The first kappa shape index (κ1) is 10.6. The number of carbonyl (C=O) groups is 1. The standard InChI is InChI=1S/C8H15N5O/c1-8(2,9)4-6(14)12-7-10-5-11-13(7)3/h5H,4,9H2,1-3H3,(H,10,11,12,14). The van der Waals surface area contributed by atoms with Crippen molar-refractivity contribution in [2.75, 3.05) is 5.32 Å². The Hall–Kier alpha value is -1.43. The number of anilines is 1. The minimum atomic E-state index is -0.511. The smallest absolute Gasteiger partial charge is 0.228 e. The highest BCUT2D eigenvalue weighted by Gasteiger charge is 2.17. The first-order valence-corrected chi connectivity index (χ1v) is 4.31. The van der Waals surface area contributed by atoms with Crippen molar-refractivity contribution < 1.29 is 4.79 Å². The Morgan fingerprint density at radius 2 is 2.36 bits per heavy atom. The molecule has 0 bridgehead atoms. The van der Waals surface area contributed by atoms with E-state index in [0.29, 0.717) is 5.95 Å². The number of nitrogens with one attached hydrogen (secondary N) is 1. The monoisotopic (exact) mass is 197 g/mol. The van der Waals surface area contributed by atoms with E-state index in [1.54, 1.807) is 20.9 Å². The molecule has 0 radical (unpaired) electrons. The molecule has 1 heterocycles. The Morgan fingerprint density at radius 1 is 1.71 bits per heavy atom. The van der Waals surface area contributed by atoms with E-state index in [-0.39, 0.29) is 12.3 Å². The maximum absolute atomic E-state index is 11.4. The second-order valence-electron chi connectivity index (χ2n) is 3.92. The van der Waals surface area contributed by atoms with Crippen LogP contribution in [-0.4, -0.2) is 26.2 Å². The molecule has 78 valence electrons. The van der Waals surface area contributed by atoms with E-state index >= 15 is 0 Å². The number of rotatable bonds is 3. The second kappa shape index (κ2) is 3.75. The van der Waals surface area contributed by atoms with E-state index in [4.69, 9.17) is 5.73 Å². The predicted octanol–water partition coefficient (Wildman–Crippen LogP) is -0.119. The van der Waals surface area contributed by atoms with Crippen molar-refractivity contribution in [1.82, 2.24) is 14.8 Å². The van der Waals surface area contributed by atoms with E-state index in [0.717, 1.165) is 0 Å². The van der Waals surface area contributed by atoms with Crippen LogP contribution in [0.1, 0.15) is 20.3 Å². The van der Waals surface area contributed by atoms with Gasteiger partial charge < -0.3 is 5.73 Å². The van der Waals surface area contributed by atoms with E-state index in [2.05, 4.69) is 15.4 Å². The van der Waals surface area contributed by atoms with Crippen LogP contribution in [0.3, 0.4) is 0 Å². The maximum atomic E-state index is 11.4. The minimum absolute atomic E-state index is 0.159. The Kier molecular flexibility index (Phi) is 2.85. The van der Waals surface area contributed by atoms with Gasteiger partial charge in [-0.15, -0.1) is 0 Å². The predicted molar refractivity (Wildman–Crippen MR) is 52.5 cm³/mol. The van der Waals surface area contributed by atoms with Crippen LogP contribution in [-0.2, 0) is 11.8 Å². The van der Waals surface area contributed by atoms with Crippen LogP contribution in [0.2, 0.25) is 0 Å². The van der Waals surface area contributed by atoms with E-state index < -0.39 is 5.54 Å². The molecular formula is C8H15N5O. The van der Waals surface area contributed by atoms with Gasteiger partial charge in [-0.2, -0.15) is 10.1 Å². The molecule has 0 aliphatic carbocycles. The second-order valence-corrected chi connectivity index (χ2v) is 3.92. The third-order valence-electron chi connectivity index (χ3n) is 1.58. The van der Waals surface area contributed by atoms with E-state index in [1.165, 1.54) is 11.0 Å². The number of aromatic nitrogens is 3. The summed E-state index contributed by atoms with van der Waals surface area (Å²) in [5.41, 5.74) is 5.19. The summed E-state index contributed by atoms with van der Waals surface area (Å²) >= 11 is 0. The van der Waals surface area contributed by atoms with Crippen molar-refractivity contribution in [3.8, 4) is 0 Å². The lowest BCUT2D eigenvalue weighted by atomic mass is 10.0. The normalized spacial score (nSPS) is 11.4. The SMILES string of the molecule is Cn1ncnc1NC(=O)CC(C)(C)N. The van der Waals surface area contributed by atoms with Gasteiger partial charge in [0, 0.05) is 19.0 Å². The zero-order valence-electron chi connectivity index (χ0n) is 8.61. The first-order chi connectivity index (χ1) is 6.38. The fraction of sp³-hybridized carbons (Fsp3) is 0.625. The molecule has 6 nitrogen and oxygen atoms in total. The fourth-order valence-corrected chi connectivity index (χ4v) is 0.992. The largest absolute Gasteiger partial charge is 0.325 e. The fourth-order valence-electron chi connectivity index (χ4n) is 0.992. The van der Waals surface area contributed by atoms with E-state index in [9.17, 15) is 4.79 Å². The third kappa shape index (κ3) is 3.14. The summed E-state index contributed by atoms with van der Waals surface area (Å²) in [5.74, 6) is 0.271. The molecule has 1 rings (SSSR count). The molecule has 0 aromatic carbocycles. The highest BCUT2D eigenvalue weighted by molar-refractivity contribution is 5.89. The first-order valence-electron chi connectivity index (χ1n) is 4.31. The Balaban J connectivity index is 2.54. The van der Waals surface area contributed by atoms with Crippen LogP contribution in [0.5, 0.6) is 0 Å². The molecule has 0 aliphatic heterocycles. The molecule has 6 heteroatoms. The van der Waals surface area contributed by atoms with Crippen LogP contribution in [0.15, 0.2) is 6.33 Å². The van der Waals surface area contributed by atoms with Crippen molar-refractivity contribution >= 4 is 11.9 Å². The molecule has 0 saturated carbocycles. The summed E-state index contributed by atoms with van der Waals surface area (Å²) in [7, 11) is 1.70. The van der Waals surface area contributed by atoms with E-state index in [1.807, 2.05) is 0 Å². The summed E-state index contributed by atoms with van der Waals surface area (Å²) in [4.78, 5) is 15.3. The van der Waals surface area contributed by atoms with Gasteiger partial charge in [0.05, 0.1) is 0 Å². The van der Waals surface area contributed by atoms with Crippen LogP contribution >= 0.6 is 0 Å². The van der Waals surface area contributed by atoms with Crippen molar-refractivity contribution in [2.24, 2.45) is 12.8 Å². The lowest BCUT2D eigenvalue weighted by Gasteiger charge is -2.16. The molecule has 0 fully saturated rings. The summed E-state index contributed by atoms with van der Waals surface area (Å²) in [6.45, 7) is 3.59. The number of nitrogens with zero attached hydrogens (tertiary/aromatic N) is 3. The molecule has 14 heavy (non-hydrogen) atoms. The summed E-state index contributed by atoms with van der Waals surface area (Å²) in [5, 5.41) is 6.44. The number of amides is 1. The number of hydrogen-bond acceptors (Lipinski definition) is 4. The number of aryl methyl sites for hydroxylation is 1. The minimum Gasteiger partial charge on any atom is -0.325 e. The molecule has 0 unspecified atom stereocenters. The van der Waals surface area contributed by atoms with Crippen LogP contribution in [0, 0.1) is 0 Å². The number of hydrogen-bond donors (Lipinski definition) is 2. The number of nitrogens with two attached hydrogens (primary N) is 1. The van der Waals surface area contributed by atoms with Crippen LogP contribution < -0.4 is 11.1 Å². The van der Waals surface area contributed by atoms with Gasteiger partial charge in [0.15, 0.2) is 0 Å². The molecule has 0 atom stereocenters. The highest BCUT2D eigenvalue weighted by Crippen LogP contribution is 2.06. The van der Waals surface area contributed by atoms with Gasteiger partial charge in [-0.3, -0.25) is 10.1 Å². The average Bonchev–Trinajstić information content (AvgIpc) is 2.32. The zero-order valence-corrected chi connectivity index (χ0v) is 8.61. The van der Waals surface area contributed by atoms with Crippen LogP contribution in [0.4, 0.5) is 5.95 Å². The van der Waals surface area contributed by atoms with Crippen molar-refractivity contribution in [3.05, 3.63) is 6.33 Å². The van der Waals surface area contributed by atoms with Gasteiger partial charge in [0.25, 0.3) is 0 Å². The Labute approximate surface area is 82.5 Å². The van der Waals surface area contributed by atoms with Crippen LogP contribution in [0.25, 0.3) is 0 Å². The molecule has 1 aromatic heterocycles. The zero-order chi connectivity index (χ0) is 10.8. The molecule has 0 saturated heterocycles. The van der Waals surface area contributed by atoms with Crippen molar-refractivity contribution in [2.45, 2.75) is 25.8 Å². The summed E-state index contributed by atoms with van der Waals surface area (Å²) in [6.07, 6.45) is 1.63. The van der Waals surface area contributed by atoms with Gasteiger partial charge in [-0.25, -0.2) is 4.68 Å².